The number of carbonyl (C=O) groups is 1. The molecule has 0 radical (unpaired) electrons. The van der Waals surface area contributed by atoms with E-state index >= 15 is 0 Å². The van der Waals surface area contributed by atoms with Gasteiger partial charge in [-0.25, -0.2) is 9.07 Å². The minimum atomic E-state index is -0.739. The van der Waals surface area contributed by atoms with Crippen LogP contribution < -0.4 is 11.1 Å². The number of hydrogen-bond acceptors (Lipinski definition) is 5. The molecule has 112 valence electrons. The zero-order valence-corrected chi connectivity index (χ0v) is 11.9. The molecule has 7 nitrogen and oxygen atoms in total. The molecule has 1 atom stereocenters. The Hall–Kier alpha value is -2.35. The summed E-state index contributed by atoms with van der Waals surface area (Å²) in [5, 5.41) is 13.3. The van der Waals surface area contributed by atoms with Gasteiger partial charge in [-0.05, 0) is 42.0 Å². The van der Waals surface area contributed by atoms with Crippen LogP contribution in [-0.4, -0.2) is 32.7 Å². The summed E-state index contributed by atoms with van der Waals surface area (Å²) in [4.78, 5) is 12.2. The van der Waals surface area contributed by atoms with Crippen LogP contribution in [0.5, 0.6) is 0 Å². The quantitative estimate of drug-likeness (QED) is 0.860. The summed E-state index contributed by atoms with van der Waals surface area (Å²) in [5.74, 6) is -0.851. The van der Waals surface area contributed by atoms with Crippen LogP contribution >= 0.6 is 0 Å². The van der Waals surface area contributed by atoms with Gasteiger partial charge in [0.15, 0.2) is 0 Å². The second-order valence-electron chi connectivity index (χ2n) is 4.99. The van der Waals surface area contributed by atoms with E-state index in [1.807, 2.05) is 6.92 Å². The lowest BCUT2D eigenvalue weighted by molar-refractivity contribution is -0.124. The first-order valence-electron chi connectivity index (χ1n) is 6.54. The standard InChI is InChI=1S/C13H17FN6O/c1-3-13(2,7-15)12(21)17-11-6-9(4-5-10(11)14)20-8-16-18-19-20/h4-6,8H,3,7,15H2,1-2H3,(H,17,21). The normalized spacial score (nSPS) is 13.7. The fraction of sp³-hybridized carbons (Fsp3) is 0.385. The summed E-state index contributed by atoms with van der Waals surface area (Å²) in [7, 11) is 0. The van der Waals surface area contributed by atoms with Crippen LogP contribution in [0.2, 0.25) is 0 Å². The van der Waals surface area contributed by atoms with E-state index < -0.39 is 11.2 Å². The molecule has 1 aromatic carbocycles. The number of aromatic nitrogens is 4. The molecule has 1 amide bonds. The Morgan fingerprint density at radius 2 is 2.29 bits per heavy atom. The van der Waals surface area contributed by atoms with Crippen LogP contribution in [0.3, 0.4) is 0 Å². The average Bonchev–Trinajstić information content (AvgIpc) is 3.02. The van der Waals surface area contributed by atoms with E-state index in [-0.39, 0.29) is 18.1 Å². The van der Waals surface area contributed by atoms with Crippen LogP contribution in [0, 0.1) is 11.2 Å². The van der Waals surface area contributed by atoms with Gasteiger partial charge in [-0.3, -0.25) is 4.79 Å². The Balaban J connectivity index is 2.28. The Morgan fingerprint density at radius 3 is 2.86 bits per heavy atom. The van der Waals surface area contributed by atoms with Gasteiger partial charge in [-0.15, -0.1) is 5.10 Å². The topological polar surface area (TPSA) is 98.7 Å². The van der Waals surface area contributed by atoms with Crippen molar-refractivity contribution in [3.05, 3.63) is 30.3 Å². The van der Waals surface area contributed by atoms with Crippen LogP contribution in [0.15, 0.2) is 24.5 Å². The summed E-state index contributed by atoms with van der Waals surface area (Å²) < 4.78 is 15.2. The number of rotatable bonds is 5. The average molecular weight is 292 g/mol. The molecule has 0 fully saturated rings. The van der Waals surface area contributed by atoms with Crippen molar-refractivity contribution in [3.8, 4) is 5.69 Å². The Bertz CT molecular complexity index is 624. The second-order valence-corrected chi connectivity index (χ2v) is 4.99. The van der Waals surface area contributed by atoms with Crippen molar-refractivity contribution < 1.29 is 9.18 Å². The molecular formula is C13H17FN6O. The Labute approximate surface area is 121 Å². The van der Waals surface area contributed by atoms with Crippen molar-refractivity contribution in [1.82, 2.24) is 20.2 Å². The summed E-state index contributed by atoms with van der Waals surface area (Å²) in [5.41, 5.74) is 5.51. The molecule has 1 heterocycles. The van der Waals surface area contributed by atoms with Crippen LogP contribution in [0.4, 0.5) is 10.1 Å². The summed E-state index contributed by atoms with van der Waals surface area (Å²) in [6.07, 6.45) is 1.94. The van der Waals surface area contributed by atoms with Crippen molar-refractivity contribution in [1.29, 1.82) is 0 Å². The molecule has 2 aromatic rings. The molecular weight excluding hydrogens is 275 g/mol. The fourth-order valence-electron chi connectivity index (χ4n) is 1.70. The lowest BCUT2D eigenvalue weighted by Crippen LogP contribution is -2.39. The van der Waals surface area contributed by atoms with Crippen molar-refractivity contribution in [2.45, 2.75) is 20.3 Å². The number of nitrogens with zero attached hydrogens (tertiary/aromatic N) is 4. The minimum absolute atomic E-state index is 0.0705. The van der Waals surface area contributed by atoms with Gasteiger partial charge in [-0.2, -0.15) is 0 Å². The second kappa shape index (κ2) is 5.96. The van der Waals surface area contributed by atoms with E-state index in [1.54, 1.807) is 6.92 Å². The number of benzene rings is 1. The van der Waals surface area contributed by atoms with Gasteiger partial charge in [0.2, 0.25) is 5.91 Å². The molecule has 0 aliphatic carbocycles. The van der Waals surface area contributed by atoms with E-state index in [0.717, 1.165) is 0 Å². The molecule has 0 aliphatic heterocycles. The summed E-state index contributed by atoms with van der Waals surface area (Å²) in [6, 6.07) is 4.23. The van der Waals surface area contributed by atoms with E-state index in [1.165, 1.54) is 29.2 Å². The highest BCUT2D eigenvalue weighted by Crippen LogP contribution is 2.24. The van der Waals surface area contributed by atoms with Gasteiger partial charge in [0.1, 0.15) is 12.1 Å². The number of nitrogens with two attached hydrogens (primary N) is 1. The number of tetrazole rings is 1. The number of amides is 1. The maximum atomic E-state index is 13.9. The number of hydrogen-bond donors (Lipinski definition) is 2. The highest BCUT2D eigenvalue weighted by atomic mass is 19.1. The molecule has 0 bridgehead atoms. The molecule has 0 saturated heterocycles. The maximum Gasteiger partial charge on any atom is 0.231 e. The van der Waals surface area contributed by atoms with Crippen molar-refractivity contribution >= 4 is 11.6 Å². The molecule has 8 heteroatoms. The van der Waals surface area contributed by atoms with Crippen molar-refractivity contribution in [3.63, 3.8) is 0 Å². The molecule has 0 saturated carbocycles. The third kappa shape index (κ3) is 3.05. The smallest absolute Gasteiger partial charge is 0.231 e. The largest absolute Gasteiger partial charge is 0.329 e. The third-order valence-corrected chi connectivity index (χ3v) is 3.59. The van der Waals surface area contributed by atoms with Crippen molar-refractivity contribution in [2.24, 2.45) is 11.1 Å². The SMILES string of the molecule is CCC(C)(CN)C(=O)Nc1cc(-n2cnnn2)ccc1F. The molecule has 21 heavy (non-hydrogen) atoms. The van der Waals surface area contributed by atoms with Crippen LogP contribution in [-0.2, 0) is 4.79 Å². The lowest BCUT2D eigenvalue weighted by atomic mass is 9.86. The molecule has 2 rings (SSSR count). The van der Waals surface area contributed by atoms with E-state index in [4.69, 9.17) is 5.73 Å². The van der Waals surface area contributed by atoms with Gasteiger partial charge >= 0.3 is 0 Å². The Kier molecular flexibility index (Phi) is 4.27. The van der Waals surface area contributed by atoms with E-state index in [0.29, 0.717) is 12.1 Å². The predicted molar refractivity (Wildman–Crippen MR) is 75.2 cm³/mol. The fourth-order valence-corrected chi connectivity index (χ4v) is 1.70. The zero-order chi connectivity index (χ0) is 15.5. The number of anilines is 1. The van der Waals surface area contributed by atoms with Gasteiger partial charge in [0.25, 0.3) is 0 Å². The predicted octanol–water partition coefficient (Wildman–Crippen LogP) is 1.11. The molecule has 0 spiro atoms. The molecule has 0 aliphatic rings. The maximum absolute atomic E-state index is 13.9. The minimum Gasteiger partial charge on any atom is -0.329 e. The zero-order valence-electron chi connectivity index (χ0n) is 11.9. The molecule has 1 aromatic heterocycles. The third-order valence-electron chi connectivity index (χ3n) is 3.59. The first-order valence-corrected chi connectivity index (χ1v) is 6.54. The highest BCUT2D eigenvalue weighted by molar-refractivity contribution is 5.95. The summed E-state index contributed by atoms with van der Waals surface area (Å²) in [6.45, 7) is 3.79. The molecule has 1 unspecified atom stereocenters. The number of halogens is 1. The van der Waals surface area contributed by atoms with Gasteiger partial charge < -0.3 is 11.1 Å². The number of carbonyl (C=O) groups excluding carboxylic acids is 1. The van der Waals surface area contributed by atoms with Gasteiger partial charge in [-0.1, -0.05) is 6.92 Å². The van der Waals surface area contributed by atoms with E-state index in [9.17, 15) is 9.18 Å². The summed E-state index contributed by atoms with van der Waals surface area (Å²) >= 11 is 0. The highest BCUT2D eigenvalue weighted by Gasteiger charge is 2.30. The molecule has 3 N–H and O–H groups in total. The van der Waals surface area contributed by atoms with Crippen LogP contribution in [0.1, 0.15) is 20.3 Å². The lowest BCUT2D eigenvalue weighted by Gasteiger charge is -2.25. The van der Waals surface area contributed by atoms with Gasteiger partial charge in [0.05, 0.1) is 16.8 Å². The van der Waals surface area contributed by atoms with Gasteiger partial charge in [0, 0.05) is 6.54 Å². The van der Waals surface area contributed by atoms with Crippen molar-refractivity contribution in [2.75, 3.05) is 11.9 Å². The Morgan fingerprint density at radius 1 is 1.52 bits per heavy atom. The first kappa shape index (κ1) is 15.0. The monoisotopic (exact) mass is 292 g/mol. The first-order chi connectivity index (χ1) is 10.00. The van der Waals surface area contributed by atoms with Crippen LogP contribution in [0.25, 0.3) is 5.69 Å². The van der Waals surface area contributed by atoms with E-state index in [2.05, 4.69) is 20.8 Å². The number of nitrogens with one attached hydrogen (secondary N) is 1.